The van der Waals surface area contributed by atoms with E-state index in [2.05, 4.69) is 60.8 Å². The van der Waals surface area contributed by atoms with Crippen molar-refractivity contribution in [1.29, 1.82) is 5.26 Å². The van der Waals surface area contributed by atoms with Crippen LogP contribution >= 0.6 is 0 Å². The van der Waals surface area contributed by atoms with E-state index < -0.39 is 16.1 Å². The third-order valence-electron chi connectivity index (χ3n) is 11.9. The van der Waals surface area contributed by atoms with E-state index >= 15 is 0 Å². The van der Waals surface area contributed by atoms with Crippen molar-refractivity contribution in [2.75, 3.05) is 56.6 Å². The van der Waals surface area contributed by atoms with Gasteiger partial charge in [-0.1, -0.05) is 13.0 Å². The van der Waals surface area contributed by atoms with Gasteiger partial charge in [0.25, 0.3) is 0 Å². The van der Waals surface area contributed by atoms with Crippen LogP contribution in [0.5, 0.6) is 0 Å². The molecule has 8 rings (SSSR count). The van der Waals surface area contributed by atoms with E-state index in [1.165, 1.54) is 14.8 Å². The number of fused-ring (bicyclic) bond motifs is 2. The number of piperidine rings is 2. The van der Waals surface area contributed by atoms with Crippen molar-refractivity contribution in [3.63, 3.8) is 0 Å². The summed E-state index contributed by atoms with van der Waals surface area (Å²) in [5, 5.41) is 26.6. The number of nitrogens with zero attached hydrogens (tertiary/aromatic N) is 10. The van der Waals surface area contributed by atoms with Gasteiger partial charge < -0.3 is 15.0 Å². The zero-order valence-electron chi connectivity index (χ0n) is 33.9. The van der Waals surface area contributed by atoms with Gasteiger partial charge in [-0.25, -0.2) is 22.9 Å². The smallest absolute Gasteiger partial charge is 0.329 e. The number of aromatic nitrogens is 6. The maximum atomic E-state index is 13.9. The number of sulfonamides is 1. The monoisotopic (exact) mass is 822 g/mol. The molecule has 0 aliphatic carbocycles. The summed E-state index contributed by atoms with van der Waals surface area (Å²) in [7, 11) is 1.55. The molecule has 0 radical (unpaired) electrons. The van der Waals surface area contributed by atoms with Crippen LogP contribution in [0.4, 0.5) is 16.6 Å². The highest BCUT2D eigenvalue weighted by molar-refractivity contribution is 7.89. The van der Waals surface area contributed by atoms with Crippen LogP contribution < -0.4 is 15.5 Å². The summed E-state index contributed by atoms with van der Waals surface area (Å²) in [6.45, 7) is 6.22. The number of methoxy groups -OCH3 is 1. The highest BCUT2D eigenvalue weighted by Gasteiger charge is 2.32. The first-order chi connectivity index (χ1) is 28.4. The molecule has 17 nitrogen and oxygen atoms in total. The van der Waals surface area contributed by atoms with Gasteiger partial charge in [0.05, 0.1) is 39.7 Å². The Balaban J connectivity index is 0.853. The Hall–Kier alpha value is -5.48. The van der Waals surface area contributed by atoms with Crippen LogP contribution in [0.25, 0.3) is 21.9 Å². The highest BCUT2D eigenvalue weighted by Crippen LogP contribution is 2.34. The molecule has 1 unspecified atom stereocenters. The highest BCUT2D eigenvalue weighted by atomic mass is 32.2. The maximum absolute atomic E-state index is 13.9. The van der Waals surface area contributed by atoms with Crippen LogP contribution in [0.1, 0.15) is 67.3 Å². The van der Waals surface area contributed by atoms with Gasteiger partial charge in [-0.2, -0.15) is 24.7 Å². The van der Waals surface area contributed by atoms with Crippen LogP contribution in [0.3, 0.4) is 0 Å². The summed E-state index contributed by atoms with van der Waals surface area (Å²) in [6, 6.07) is 13.1. The molecule has 2 N–H and O–H groups in total. The Morgan fingerprint density at radius 3 is 2.49 bits per heavy atom. The van der Waals surface area contributed by atoms with Crippen LogP contribution in [0, 0.1) is 17.2 Å². The van der Waals surface area contributed by atoms with Gasteiger partial charge in [0.2, 0.25) is 21.9 Å². The van der Waals surface area contributed by atoms with E-state index in [1.54, 1.807) is 40.9 Å². The molecular formula is C41H50N12O5S. The molecule has 3 fully saturated rings. The summed E-state index contributed by atoms with van der Waals surface area (Å²) < 4.78 is 38.1. The van der Waals surface area contributed by atoms with Gasteiger partial charge in [-0.05, 0) is 98.5 Å². The number of carbonyl (C=O) groups excluding carboxylic acids is 2. The van der Waals surface area contributed by atoms with Crippen LogP contribution in [0.15, 0.2) is 47.5 Å². The number of imide groups is 1. The first-order valence-electron chi connectivity index (χ1n) is 20.2. The Morgan fingerprint density at radius 2 is 1.76 bits per heavy atom. The molecule has 3 saturated heterocycles. The molecule has 18 heteroatoms. The number of hydrogen-bond donors (Lipinski definition) is 2. The number of ether oxygens (including phenoxy) is 1. The number of likely N-dealkylation sites (tertiary alicyclic amines) is 1. The second kappa shape index (κ2) is 16.6. The fourth-order valence-corrected chi connectivity index (χ4v) is 10.3. The van der Waals surface area contributed by atoms with Crippen molar-refractivity contribution >= 4 is 55.7 Å². The minimum Gasteiger partial charge on any atom is -0.378 e. The van der Waals surface area contributed by atoms with E-state index in [0.717, 1.165) is 60.0 Å². The number of aryl methyl sites for hydroxylation is 2. The largest absolute Gasteiger partial charge is 0.378 e. The standard InChI is InChI=1S/C41H50N12O5S/c1-26(24-51-14-9-27(10-15-51)28-6-8-33-36(21-28)49(2)48-39(33)53-18-13-37(54)45-41(53)55)19-30-20-32(7-5-29(30)22-42)59(56,57)52-16-11-31(12-17-52)44-40-43-23-34-35(25-58-4)47-50(3)38(34)46-40/h5-8,20-21,23,26-27,31H,9-19,24-25H2,1-4H3,(H,43,44,46)(H,45,54,55). The molecule has 0 bridgehead atoms. The van der Waals surface area contributed by atoms with E-state index in [-0.39, 0.29) is 29.2 Å². The van der Waals surface area contributed by atoms with Gasteiger partial charge >= 0.3 is 6.03 Å². The summed E-state index contributed by atoms with van der Waals surface area (Å²) in [5.41, 5.74) is 4.91. The van der Waals surface area contributed by atoms with Crippen molar-refractivity contribution in [2.45, 2.75) is 68.9 Å². The summed E-state index contributed by atoms with van der Waals surface area (Å²) >= 11 is 0. The molecule has 0 saturated carbocycles. The SMILES string of the molecule is COCc1nn(C)c2nc(NC3CCN(S(=O)(=O)c4ccc(C#N)c(CC(C)CN5CCC(c6ccc7c(N8CCC(=O)NC8=O)nn(C)c7c6)CC5)c4)CC3)ncc12. The fourth-order valence-electron chi connectivity index (χ4n) is 8.80. The van der Waals surface area contributed by atoms with Gasteiger partial charge in [0, 0.05) is 71.4 Å². The molecule has 3 aliphatic heterocycles. The Bertz CT molecular complexity index is 2550. The van der Waals surface area contributed by atoms with Crippen molar-refractivity contribution in [1.82, 2.24) is 44.1 Å². The number of rotatable bonds is 12. The van der Waals surface area contributed by atoms with Crippen molar-refractivity contribution in [2.24, 2.45) is 20.0 Å². The number of amides is 3. The molecule has 6 heterocycles. The first kappa shape index (κ1) is 40.3. The summed E-state index contributed by atoms with van der Waals surface area (Å²) in [4.78, 5) is 37.6. The molecule has 1 atom stereocenters. The average molecular weight is 823 g/mol. The minimum absolute atomic E-state index is 0.0103. The van der Waals surface area contributed by atoms with E-state index in [1.807, 2.05) is 20.2 Å². The topological polar surface area (TPSA) is 196 Å². The second-order valence-electron chi connectivity index (χ2n) is 16.1. The van der Waals surface area contributed by atoms with E-state index in [0.29, 0.717) is 74.4 Å². The number of carbonyl (C=O) groups is 2. The van der Waals surface area contributed by atoms with Gasteiger partial charge in [0.15, 0.2) is 11.5 Å². The normalized spacial score (nSPS) is 18.4. The lowest BCUT2D eigenvalue weighted by atomic mass is 9.88. The quantitative estimate of drug-likeness (QED) is 0.184. The van der Waals surface area contributed by atoms with Crippen LogP contribution in [-0.2, 0) is 46.7 Å². The molecule has 2 aromatic carbocycles. The van der Waals surface area contributed by atoms with Crippen molar-refractivity contribution in [3.8, 4) is 6.07 Å². The van der Waals surface area contributed by atoms with E-state index in [4.69, 9.17) is 4.74 Å². The third-order valence-corrected chi connectivity index (χ3v) is 13.8. The number of nitriles is 1. The lowest BCUT2D eigenvalue weighted by molar-refractivity contribution is -0.120. The molecule has 3 aromatic heterocycles. The number of benzene rings is 2. The molecule has 3 amide bonds. The Kier molecular flexibility index (Phi) is 11.4. The number of hydrogen-bond acceptors (Lipinski definition) is 12. The maximum Gasteiger partial charge on any atom is 0.329 e. The summed E-state index contributed by atoms with van der Waals surface area (Å²) in [5.74, 6) is 1.34. The van der Waals surface area contributed by atoms with Gasteiger partial charge in [-0.3, -0.25) is 19.7 Å². The van der Waals surface area contributed by atoms with Crippen molar-refractivity contribution in [3.05, 3.63) is 65.0 Å². The average Bonchev–Trinajstić information content (AvgIpc) is 3.72. The predicted octanol–water partition coefficient (Wildman–Crippen LogP) is 4.04. The molecule has 3 aliphatic rings. The lowest BCUT2D eigenvalue weighted by Gasteiger charge is -2.34. The zero-order chi connectivity index (χ0) is 41.4. The Morgan fingerprint density at radius 1 is 0.983 bits per heavy atom. The number of nitrogens with one attached hydrogen (secondary N) is 2. The van der Waals surface area contributed by atoms with Gasteiger partial charge in [0.1, 0.15) is 0 Å². The second-order valence-corrected chi connectivity index (χ2v) is 18.0. The summed E-state index contributed by atoms with van der Waals surface area (Å²) in [6.07, 6.45) is 5.75. The molecule has 59 heavy (non-hydrogen) atoms. The lowest BCUT2D eigenvalue weighted by Crippen LogP contribution is -2.49. The molecule has 5 aromatic rings. The number of anilines is 2. The molecular weight excluding hydrogens is 773 g/mol. The third kappa shape index (κ3) is 8.24. The van der Waals surface area contributed by atoms with Gasteiger partial charge in [-0.15, -0.1) is 0 Å². The first-order valence-corrected chi connectivity index (χ1v) is 21.6. The Labute approximate surface area is 343 Å². The minimum atomic E-state index is -3.77. The molecule has 310 valence electrons. The van der Waals surface area contributed by atoms with Crippen molar-refractivity contribution < 1.29 is 22.7 Å². The molecule has 0 spiro atoms. The predicted molar refractivity (Wildman–Crippen MR) is 221 cm³/mol. The fraction of sp³-hybridized carbons (Fsp3) is 0.488. The van der Waals surface area contributed by atoms with Crippen LogP contribution in [0.2, 0.25) is 0 Å². The zero-order valence-corrected chi connectivity index (χ0v) is 34.7. The number of urea groups is 1. The van der Waals surface area contributed by atoms with E-state index in [9.17, 15) is 23.3 Å². The van der Waals surface area contributed by atoms with Crippen LogP contribution in [-0.4, -0.2) is 112 Å².